The van der Waals surface area contributed by atoms with E-state index in [-0.39, 0.29) is 5.91 Å². The number of aromatic nitrogens is 2. The topological polar surface area (TPSA) is 84.1 Å². The number of ether oxygens (including phenoxy) is 1. The fraction of sp³-hybridized carbons (Fsp3) is 0.545. The number of nitrogens with zero attached hydrogens (tertiary/aromatic N) is 5. The molecule has 3 atom stereocenters. The summed E-state index contributed by atoms with van der Waals surface area (Å²) in [7, 11) is 0. The number of para-hydroxylation sites is 2. The van der Waals surface area contributed by atoms with Crippen molar-refractivity contribution >= 4 is 23.6 Å². The molecule has 3 aliphatic heterocycles. The van der Waals surface area contributed by atoms with Crippen LogP contribution in [0.4, 0.5) is 11.4 Å². The molecule has 4 heterocycles. The largest absolute Gasteiger partial charge is 0.355 e. The lowest BCUT2D eigenvalue weighted by Gasteiger charge is -2.45. The van der Waals surface area contributed by atoms with Gasteiger partial charge in [-0.1, -0.05) is 30.1 Å². The van der Waals surface area contributed by atoms with E-state index in [0.29, 0.717) is 18.4 Å². The Morgan fingerprint density at radius 2 is 1.93 bits per heavy atom. The molecular formula is C22H25N5O3. The summed E-state index contributed by atoms with van der Waals surface area (Å²) in [4.78, 5) is 26.9. The van der Waals surface area contributed by atoms with Crippen molar-refractivity contribution < 1.29 is 14.1 Å². The Bertz CT molecular complexity index is 1010. The molecule has 1 aliphatic carbocycles. The Kier molecular flexibility index (Phi) is 3.99. The summed E-state index contributed by atoms with van der Waals surface area (Å²) < 4.78 is 11.7. The van der Waals surface area contributed by atoms with Gasteiger partial charge in [-0.25, -0.2) is 0 Å². The number of amides is 1. The summed E-state index contributed by atoms with van der Waals surface area (Å²) in [5.74, 6) is 1.49. The van der Waals surface area contributed by atoms with E-state index < -0.39 is 17.8 Å². The van der Waals surface area contributed by atoms with Crippen LogP contribution in [0.25, 0.3) is 0 Å². The van der Waals surface area contributed by atoms with Crippen molar-refractivity contribution in [3.05, 3.63) is 36.0 Å². The number of hydrogen-bond acceptors (Lipinski definition) is 7. The summed E-state index contributed by atoms with van der Waals surface area (Å²) in [6.07, 6.45) is 8.07. The van der Waals surface area contributed by atoms with E-state index in [4.69, 9.17) is 9.26 Å². The van der Waals surface area contributed by atoms with Crippen LogP contribution in [0.15, 0.2) is 33.8 Å². The number of carbonyl (C=O) groups is 1. The zero-order valence-corrected chi connectivity index (χ0v) is 17.0. The molecule has 0 spiro atoms. The minimum absolute atomic E-state index is 0.0405. The number of fused-ring (bicyclic) bond motifs is 3. The molecule has 8 nitrogen and oxygen atoms in total. The van der Waals surface area contributed by atoms with Crippen LogP contribution in [-0.2, 0) is 9.53 Å². The molecule has 156 valence electrons. The molecule has 30 heavy (non-hydrogen) atoms. The molecule has 1 saturated heterocycles. The first-order valence-corrected chi connectivity index (χ1v) is 10.9. The van der Waals surface area contributed by atoms with Gasteiger partial charge in [-0.3, -0.25) is 14.7 Å². The Morgan fingerprint density at radius 3 is 2.70 bits per heavy atom. The smallest absolute Gasteiger partial charge is 0.255 e. The monoisotopic (exact) mass is 407 g/mol. The van der Waals surface area contributed by atoms with Crippen molar-refractivity contribution in [3.63, 3.8) is 0 Å². The highest BCUT2D eigenvalue weighted by Crippen LogP contribution is 2.47. The minimum Gasteiger partial charge on any atom is -0.355 e. The van der Waals surface area contributed by atoms with Crippen LogP contribution in [0.1, 0.15) is 69.1 Å². The molecule has 1 saturated carbocycles. The second-order valence-electron chi connectivity index (χ2n) is 8.82. The van der Waals surface area contributed by atoms with Gasteiger partial charge in [0.1, 0.15) is 11.8 Å². The van der Waals surface area contributed by atoms with E-state index >= 15 is 0 Å². The SMILES string of the molecule is CC1(N2C(=O)C3C(c4nc(C5CCCC5)no4)N=CN3c3ccccc32)CCCO1. The summed E-state index contributed by atoms with van der Waals surface area (Å²) in [5.41, 5.74) is 1.14. The van der Waals surface area contributed by atoms with Crippen molar-refractivity contribution in [1.82, 2.24) is 10.1 Å². The maximum atomic E-state index is 13.8. The Labute approximate surface area is 174 Å². The molecule has 6 rings (SSSR count). The van der Waals surface area contributed by atoms with Crippen LogP contribution in [0.5, 0.6) is 0 Å². The molecule has 0 radical (unpaired) electrons. The number of carbonyl (C=O) groups excluding carboxylic acids is 1. The van der Waals surface area contributed by atoms with Gasteiger partial charge in [0, 0.05) is 12.5 Å². The van der Waals surface area contributed by atoms with Crippen LogP contribution in [0.3, 0.4) is 0 Å². The first-order chi connectivity index (χ1) is 14.7. The lowest BCUT2D eigenvalue weighted by atomic mass is 9.97. The lowest BCUT2D eigenvalue weighted by Crippen LogP contribution is -2.60. The van der Waals surface area contributed by atoms with Crippen molar-refractivity contribution in [1.29, 1.82) is 0 Å². The van der Waals surface area contributed by atoms with Crippen molar-refractivity contribution in [2.24, 2.45) is 4.99 Å². The molecule has 2 aromatic rings. The molecule has 1 aromatic heterocycles. The first kappa shape index (κ1) is 18.1. The molecule has 4 aliphatic rings. The maximum Gasteiger partial charge on any atom is 0.255 e. The lowest BCUT2D eigenvalue weighted by molar-refractivity contribution is -0.125. The van der Waals surface area contributed by atoms with Crippen molar-refractivity contribution in [2.75, 3.05) is 16.4 Å². The van der Waals surface area contributed by atoms with E-state index in [9.17, 15) is 4.79 Å². The van der Waals surface area contributed by atoms with Gasteiger partial charge in [0.25, 0.3) is 11.8 Å². The number of aliphatic imine (C=N–C) groups is 1. The maximum absolute atomic E-state index is 13.8. The van der Waals surface area contributed by atoms with E-state index in [1.165, 1.54) is 12.8 Å². The zero-order chi connectivity index (χ0) is 20.3. The Balaban J connectivity index is 1.39. The number of hydrogen-bond donors (Lipinski definition) is 0. The quantitative estimate of drug-likeness (QED) is 0.774. The van der Waals surface area contributed by atoms with Crippen LogP contribution in [0, 0.1) is 0 Å². The minimum atomic E-state index is -0.656. The van der Waals surface area contributed by atoms with Gasteiger partial charge in [0.2, 0.25) is 0 Å². The van der Waals surface area contributed by atoms with Crippen molar-refractivity contribution in [3.8, 4) is 0 Å². The van der Waals surface area contributed by atoms with E-state index in [2.05, 4.69) is 15.1 Å². The summed E-state index contributed by atoms with van der Waals surface area (Å²) in [6.45, 7) is 2.66. The van der Waals surface area contributed by atoms with Gasteiger partial charge >= 0.3 is 0 Å². The van der Waals surface area contributed by atoms with Gasteiger partial charge in [-0.15, -0.1) is 0 Å². The fourth-order valence-corrected chi connectivity index (χ4v) is 5.38. The summed E-state index contributed by atoms with van der Waals surface area (Å²) in [5, 5.41) is 4.23. The van der Waals surface area contributed by atoms with Gasteiger partial charge in [0.05, 0.1) is 17.7 Å². The molecule has 3 unspecified atom stereocenters. The molecule has 8 heteroatoms. The Hall–Kier alpha value is -2.74. The van der Waals surface area contributed by atoms with E-state index in [1.54, 1.807) is 6.34 Å². The molecule has 1 amide bonds. The van der Waals surface area contributed by atoms with Gasteiger partial charge in [0.15, 0.2) is 11.9 Å². The molecule has 0 N–H and O–H groups in total. The number of anilines is 2. The van der Waals surface area contributed by atoms with Crippen molar-refractivity contribution in [2.45, 2.75) is 69.2 Å². The first-order valence-electron chi connectivity index (χ1n) is 10.9. The molecule has 1 aromatic carbocycles. The third-order valence-corrected chi connectivity index (χ3v) is 6.93. The van der Waals surface area contributed by atoms with Crippen LogP contribution in [-0.4, -0.2) is 40.8 Å². The molecular weight excluding hydrogens is 382 g/mol. The van der Waals surface area contributed by atoms with E-state index in [0.717, 1.165) is 42.9 Å². The molecule has 2 fully saturated rings. The second kappa shape index (κ2) is 6.63. The van der Waals surface area contributed by atoms with Gasteiger partial charge in [-0.2, -0.15) is 4.98 Å². The van der Waals surface area contributed by atoms with Gasteiger partial charge in [-0.05, 0) is 44.7 Å². The number of benzene rings is 1. The predicted octanol–water partition coefficient (Wildman–Crippen LogP) is 3.56. The second-order valence-corrected chi connectivity index (χ2v) is 8.82. The average molecular weight is 407 g/mol. The highest BCUT2D eigenvalue weighted by molar-refractivity contribution is 6.12. The normalized spacial score (nSPS) is 30.9. The molecule has 0 bridgehead atoms. The highest BCUT2D eigenvalue weighted by Gasteiger charge is 2.53. The van der Waals surface area contributed by atoms with Crippen LogP contribution in [0.2, 0.25) is 0 Å². The average Bonchev–Trinajstić information content (AvgIpc) is 3.52. The van der Waals surface area contributed by atoms with Crippen LogP contribution < -0.4 is 9.80 Å². The zero-order valence-electron chi connectivity index (χ0n) is 17.0. The third kappa shape index (κ3) is 2.56. The predicted molar refractivity (Wildman–Crippen MR) is 111 cm³/mol. The van der Waals surface area contributed by atoms with Gasteiger partial charge < -0.3 is 14.2 Å². The summed E-state index contributed by atoms with van der Waals surface area (Å²) in [6, 6.07) is 6.87. The standard InChI is InChI=1S/C22H25N5O3/c1-22(11-6-12-29-22)27-16-10-5-4-9-15(16)26-13-23-17(18(26)21(27)28)20-24-19(25-30-20)14-7-2-3-8-14/h4-5,9-10,13-14,17-18H,2-3,6-8,11-12H2,1H3. The Morgan fingerprint density at radius 1 is 1.13 bits per heavy atom. The van der Waals surface area contributed by atoms with E-state index in [1.807, 2.05) is 41.0 Å². The highest BCUT2D eigenvalue weighted by atomic mass is 16.5. The van der Waals surface area contributed by atoms with Crippen LogP contribution >= 0.6 is 0 Å². The third-order valence-electron chi connectivity index (χ3n) is 6.93. The fourth-order valence-electron chi connectivity index (χ4n) is 5.38. The number of rotatable bonds is 3. The summed E-state index contributed by atoms with van der Waals surface area (Å²) >= 11 is 0.